The van der Waals surface area contributed by atoms with Crippen molar-refractivity contribution in [1.82, 2.24) is 9.88 Å². The molecule has 2 aromatic heterocycles. The van der Waals surface area contributed by atoms with E-state index in [4.69, 9.17) is 5.73 Å². The van der Waals surface area contributed by atoms with E-state index >= 15 is 0 Å². The summed E-state index contributed by atoms with van der Waals surface area (Å²) < 4.78 is 1.09. The fourth-order valence-corrected chi connectivity index (χ4v) is 4.87. The van der Waals surface area contributed by atoms with Crippen LogP contribution < -0.4 is 5.73 Å². The minimum atomic E-state index is -0.435. The van der Waals surface area contributed by atoms with Crippen LogP contribution in [0.25, 0.3) is 10.9 Å². The first-order valence-corrected chi connectivity index (χ1v) is 10.6. The second kappa shape index (κ2) is 7.55. The quantitative estimate of drug-likeness (QED) is 0.647. The minimum Gasteiger partial charge on any atom is -0.358 e. The topological polar surface area (TPSA) is 62.1 Å². The van der Waals surface area contributed by atoms with Gasteiger partial charge in [-0.1, -0.05) is 22.0 Å². The molecule has 1 aliphatic rings. The predicted molar refractivity (Wildman–Crippen MR) is 111 cm³/mol. The number of aromatic nitrogens is 1. The Balaban J connectivity index is 1.37. The number of carbonyl (C=O) groups is 1. The normalized spacial score (nSPS) is 16.9. The van der Waals surface area contributed by atoms with E-state index in [2.05, 4.69) is 45.2 Å². The van der Waals surface area contributed by atoms with Crippen molar-refractivity contribution in [2.75, 3.05) is 13.1 Å². The highest BCUT2D eigenvalue weighted by atomic mass is 79.9. The van der Waals surface area contributed by atoms with E-state index < -0.39 is 6.04 Å². The number of nitrogens with zero attached hydrogens (tertiary/aromatic N) is 1. The molecule has 0 unspecified atom stereocenters. The minimum absolute atomic E-state index is 0.0810. The smallest absolute Gasteiger partial charge is 0.239 e. The van der Waals surface area contributed by atoms with Crippen molar-refractivity contribution in [2.45, 2.75) is 31.2 Å². The molecule has 3 aromatic rings. The van der Waals surface area contributed by atoms with Gasteiger partial charge in [0.05, 0.1) is 6.04 Å². The largest absolute Gasteiger partial charge is 0.358 e. The molecule has 4 rings (SSSR count). The van der Waals surface area contributed by atoms with Gasteiger partial charge in [-0.2, -0.15) is 0 Å². The second-order valence-electron chi connectivity index (χ2n) is 6.95. The molecule has 4 nitrogen and oxygen atoms in total. The molecule has 0 saturated carbocycles. The summed E-state index contributed by atoms with van der Waals surface area (Å²) in [5, 5.41) is 3.25. The van der Waals surface area contributed by atoms with Gasteiger partial charge in [-0.3, -0.25) is 4.79 Å². The first kappa shape index (κ1) is 17.8. The van der Waals surface area contributed by atoms with Crippen molar-refractivity contribution in [3.05, 3.63) is 56.8 Å². The fourth-order valence-electron chi connectivity index (χ4n) is 3.72. The number of H-pyrrole nitrogens is 1. The lowest BCUT2D eigenvalue weighted by atomic mass is 9.93. The van der Waals surface area contributed by atoms with Gasteiger partial charge in [0.1, 0.15) is 0 Å². The third-order valence-electron chi connectivity index (χ3n) is 5.17. The number of thiophene rings is 1. The van der Waals surface area contributed by atoms with Crippen LogP contribution in [0.2, 0.25) is 0 Å². The number of hydrogen-bond acceptors (Lipinski definition) is 3. The number of aromatic amines is 1. The van der Waals surface area contributed by atoms with Crippen LogP contribution in [0.4, 0.5) is 0 Å². The van der Waals surface area contributed by atoms with E-state index in [1.54, 1.807) is 11.3 Å². The molecule has 0 aliphatic carbocycles. The number of nitrogens with one attached hydrogen (secondary N) is 1. The van der Waals surface area contributed by atoms with Gasteiger partial charge in [-0.25, -0.2) is 0 Å². The van der Waals surface area contributed by atoms with Crippen LogP contribution in [0.5, 0.6) is 0 Å². The zero-order valence-electron chi connectivity index (χ0n) is 14.5. The molecule has 1 aliphatic heterocycles. The van der Waals surface area contributed by atoms with Crippen molar-refractivity contribution in [1.29, 1.82) is 0 Å². The van der Waals surface area contributed by atoms with Gasteiger partial charge in [0.25, 0.3) is 0 Å². The Morgan fingerprint density at radius 1 is 1.31 bits per heavy atom. The van der Waals surface area contributed by atoms with E-state index in [0.29, 0.717) is 12.3 Å². The lowest BCUT2D eigenvalue weighted by Gasteiger charge is -2.33. The molecule has 3 heterocycles. The number of halogens is 1. The maximum absolute atomic E-state index is 12.6. The third-order valence-corrected chi connectivity index (χ3v) is 6.56. The lowest BCUT2D eigenvalue weighted by molar-refractivity contribution is -0.133. The Morgan fingerprint density at radius 2 is 2.12 bits per heavy atom. The number of hydrogen-bond donors (Lipinski definition) is 2. The van der Waals surface area contributed by atoms with Crippen molar-refractivity contribution < 1.29 is 4.79 Å². The van der Waals surface area contributed by atoms with Gasteiger partial charge in [0, 0.05) is 51.4 Å². The molecule has 1 fully saturated rings. The summed E-state index contributed by atoms with van der Waals surface area (Å²) >= 11 is 5.18. The summed E-state index contributed by atoms with van der Waals surface area (Å²) in [6, 6.07) is 12.1. The number of amides is 1. The zero-order chi connectivity index (χ0) is 18.1. The Labute approximate surface area is 165 Å². The van der Waals surface area contributed by atoms with Crippen molar-refractivity contribution >= 4 is 44.1 Å². The highest BCUT2D eigenvalue weighted by Crippen LogP contribution is 2.31. The molecule has 1 saturated heterocycles. The summed E-state index contributed by atoms with van der Waals surface area (Å²) in [6.45, 7) is 1.56. The maximum atomic E-state index is 12.6. The van der Waals surface area contributed by atoms with Crippen LogP contribution >= 0.6 is 27.3 Å². The Morgan fingerprint density at radius 3 is 2.85 bits per heavy atom. The van der Waals surface area contributed by atoms with E-state index in [9.17, 15) is 4.79 Å². The van der Waals surface area contributed by atoms with Gasteiger partial charge in [0.15, 0.2) is 0 Å². The van der Waals surface area contributed by atoms with Gasteiger partial charge in [-0.15, -0.1) is 11.3 Å². The highest BCUT2D eigenvalue weighted by molar-refractivity contribution is 9.10. The molecular weight excluding hydrogens is 410 g/mol. The molecule has 0 bridgehead atoms. The SMILES string of the molecule is N[C@@H](Cc1cccs1)C(=O)N1CCC(c2cc3cc(Br)ccc3[nH]2)CC1. The molecule has 0 radical (unpaired) electrons. The molecule has 3 N–H and O–H groups in total. The van der Waals surface area contributed by atoms with Crippen molar-refractivity contribution in [3.63, 3.8) is 0 Å². The van der Waals surface area contributed by atoms with Crippen LogP contribution in [0, 0.1) is 0 Å². The Hall–Kier alpha value is -1.63. The summed E-state index contributed by atoms with van der Waals surface area (Å²) in [5.41, 5.74) is 8.59. The second-order valence-corrected chi connectivity index (χ2v) is 8.89. The van der Waals surface area contributed by atoms with Crippen molar-refractivity contribution in [2.24, 2.45) is 5.73 Å². The Bertz CT molecular complexity index is 897. The molecule has 1 aromatic carbocycles. The van der Waals surface area contributed by atoms with Gasteiger partial charge >= 0.3 is 0 Å². The summed E-state index contributed by atoms with van der Waals surface area (Å²) in [6.07, 6.45) is 2.59. The number of carbonyl (C=O) groups excluding carboxylic acids is 1. The van der Waals surface area contributed by atoms with Gasteiger partial charge < -0.3 is 15.6 Å². The number of benzene rings is 1. The van der Waals surface area contributed by atoms with E-state index in [1.807, 2.05) is 22.4 Å². The molecule has 26 heavy (non-hydrogen) atoms. The molecule has 1 amide bonds. The highest BCUT2D eigenvalue weighted by Gasteiger charge is 2.27. The fraction of sp³-hybridized carbons (Fsp3) is 0.350. The average molecular weight is 432 g/mol. The summed E-state index contributed by atoms with van der Waals surface area (Å²) in [4.78, 5) is 19.3. The van der Waals surface area contributed by atoms with E-state index in [0.717, 1.165) is 30.4 Å². The molecular formula is C20H22BrN3OS. The van der Waals surface area contributed by atoms with Crippen molar-refractivity contribution in [3.8, 4) is 0 Å². The summed E-state index contributed by atoms with van der Waals surface area (Å²) in [5.74, 6) is 0.552. The monoisotopic (exact) mass is 431 g/mol. The molecule has 6 heteroatoms. The molecule has 136 valence electrons. The summed E-state index contributed by atoms with van der Waals surface area (Å²) in [7, 11) is 0. The zero-order valence-corrected chi connectivity index (χ0v) is 16.9. The van der Waals surface area contributed by atoms with E-state index in [-0.39, 0.29) is 5.91 Å². The number of nitrogens with two attached hydrogens (primary N) is 1. The molecule has 1 atom stereocenters. The average Bonchev–Trinajstić information content (AvgIpc) is 3.30. The van der Waals surface area contributed by atoms with Gasteiger partial charge in [0.2, 0.25) is 5.91 Å². The third kappa shape index (κ3) is 3.72. The van der Waals surface area contributed by atoms with Crippen LogP contribution in [-0.4, -0.2) is 34.9 Å². The van der Waals surface area contributed by atoms with Crippen LogP contribution in [0.1, 0.15) is 29.3 Å². The number of rotatable bonds is 4. The number of likely N-dealkylation sites (tertiary alicyclic amines) is 1. The number of fused-ring (bicyclic) bond motifs is 1. The number of piperidine rings is 1. The standard InChI is InChI=1S/C20H22BrN3OS/c21-15-3-4-18-14(10-15)11-19(23-18)13-5-7-24(8-6-13)20(25)17(22)12-16-2-1-9-26-16/h1-4,9-11,13,17,23H,5-8,12,22H2/t17-/m0/s1. The van der Waals surface area contributed by atoms with Crippen LogP contribution in [0.3, 0.4) is 0 Å². The van der Waals surface area contributed by atoms with Gasteiger partial charge in [-0.05, 0) is 48.6 Å². The Kier molecular flexibility index (Phi) is 5.16. The van der Waals surface area contributed by atoms with Crippen LogP contribution in [0.15, 0.2) is 46.3 Å². The lowest BCUT2D eigenvalue weighted by Crippen LogP contribution is -2.47. The first-order valence-electron chi connectivity index (χ1n) is 8.95. The maximum Gasteiger partial charge on any atom is 0.239 e. The molecule has 0 spiro atoms. The van der Waals surface area contributed by atoms with E-state index in [1.165, 1.54) is 21.5 Å². The predicted octanol–water partition coefficient (Wildman–Crippen LogP) is 4.27. The first-order chi connectivity index (χ1) is 12.6. The van der Waals surface area contributed by atoms with Crippen LogP contribution in [-0.2, 0) is 11.2 Å².